The van der Waals surface area contributed by atoms with Gasteiger partial charge in [-0.3, -0.25) is 9.69 Å². The number of likely N-dealkylation sites (N-methyl/N-ethyl adjacent to an activating group) is 1. The van der Waals surface area contributed by atoms with Crippen molar-refractivity contribution in [2.45, 2.75) is 26.4 Å². The van der Waals surface area contributed by atoms with Gasteiger partial charge >= 0.3 is 0 Å². The highest BCUT2D eigenvalue weighted by molar-refractivity contribution is 7.16. The lowest BCUT2D eigenvalue weighted by molar-refractivity contribution is 0.111. The van der Waals surface area contributed by atoms with E-state index in [2.05, 4.69) is 21.9 Å². The number of nitrogens with zero attached hydrogens (tertiary/aromatic N) is 4. The highest BCUT2D eigenvalue weighted by Gasteiger charge is 2.12. The summed E-state index contributed by atoms with van der Waals surface area (Å²) in [6.07, 6.45) is 0. The van der Waals surface area contributed by atoms with Crippen LogP contribution in [0.5, 0.6) is 0 Å². The average molecular weight is 282 g/mol. The molecule has 0 spiro atoms. The van der Waals surface area contributed by atoms with Crippen LogP contribution in [0.25, 0.3) is 4.96 Å². The van der Waals surface area contributed by atoms with Crippen LogP contribution in [0.15, 0.2) is 10.9 Å². The van der Waals surface area contributed by atoms with Crippen molar-refractivity contribution in [2.75, 3.05) is 20.8 Å². The van der Waals surface area contributed by atoms with Crippen molar-refractivity contribution >= 4 is 16.3 Å². The summed E-state index contributed by atoms with van der Waals surface area (Å²) in [5.41, 5.74) is 0.635. The third-order valence-corrected chi connectivity index (χ3v) is 3.79. The summed E-state index contributed by atoms with van der Waals surface area (Å²) in [7, 11) is 3.67. The van der Waals surface area contributed by atoms with Gasteiger partial charge < -0.3 is 4.74 Å². The van der Waals surface area contributed by atoms with E-state index in [9.17, 15) is 4.79 Å². The summed E-state index contributed by atoms with van der Waals surface area (Å²) in [5.74, 6) is 0. The van der Waals surface area contributed by atoms with Gasteiger partial charge in [-0.2, -0.15) is 9.61 Å². The lowest BCUT2D eigenvalue weighted by Gasteiger charge is -2.23. The molecule has 0 aliphatic carbocycles. The van der Waals surface area contributed by atoms with E-state index < -0.39 is 0 Å². The van der Waals surface area contributed by atoms with Crippen LogP contribution in [-0.4, -0.2) is 46.3 Å². The van der Waals surface area contributed by atoms with Crippen molar-refractivity contribution in [2.24, 2.45) is 0 Å². The van der Waals surface area contributed by atoms with Crippen molar-refractivity contribution < 1.29 is 4.74 Å². The third-order valence-electron chi connectivity index (χ3n) is 2.97. The molecule has 1 atom stereocenters. The van der Waals surface area contributed by atoms with Crippen molar-refractivity contribution in [3.8, 4) is 0 Å². The molecule has 0 aromatic carbocycles. The van der Waals surface area contributed by atoms with Crippen molar-refractivity contribution in [1.29, 1.82) is 0 Å². The Labute approximate surface area is 115 Å². The molecular formula is C12H18N4O2S. The summed E-state index contributed by atoms with van der Waals surface area (Å²) in [4.78, 5) is 19.1. The molecule has 0 saturated heterocycles. The maximum atomic E-state index is 11.9. The molecule has 0 radical (unpaired) electrons. The van der Waals surface area contributed by atoms with Crippen molar-refractivity contribution in [3.05, 3.63) is 27.1 Å². The number of ether oxygens (including phenoxy) is 1. The van der Waals surface area contributed by atoms with Gasteiger partial charge in [-0.05, 0) is 20.9 Å². The van der Waals surface area contributed by atoms with Gasteiger partial charge in [0.25, 0.3) is 5.56 Å². The van der Waals surface area contributed by atoms with Crippen LogP contribution in [0.1, 0.15) is 17.6 Å². The fourth-order valence-electron chi connectivity index (χ4n) is 1.81. The van der Waals surface area contributed by atoms with E-state index >= 15 is 0 Å². The summed E-state index contributed by atoms with van der Waals surface area (Å²) in [6, 6.07) is 1.82. The molecule has 2 rings (SSSR count). The van der Waals surface area contributed by atoms with Crippen LogP contribution in [0.4, 0.5) is 0 Å². The predicted molar refractivity (Wildman–Crippen MR) is 74.7 cm³/mol. The minimum Gasteiger partial charge on any atom is -0.383 e. The van der Waals surface area contributed by atoms with E-state index in [0.717, 1.165) is 10.7 Å². The van der Waals surface area contributed by atoms with E-state index in [1.54, 1.807) is 13.2 Å². The second-order valence-corrected chi connectivity index (χ2v) is 5.78. The van der Waals surface area contributed by atoms with E-state index in [4.69, 9.17) is 4.74 Å². The quantitative estimate of drug-likeness (QED) is 0.816. The first kappa shape index (κ1) is 14.1. The first-order chi connectivity index (χ1) is 9.01. The van der Waals surface area contributed by atoms with Gasteiger partial charge in [-0.1, -0.05) is 11.3 Å². The van der Waals surface area contributed by atoms with Gasteiger partial charge in [0.15, 0.2) is 0 Å². The third kappa shape index (κ3) is 3.17. The highest BCUT2D eigenvalue weighted by Crippen LogP contribution is 2.11. The van der Waals surface area contributed by atoms with E-state index in [1.807, 2.05) is 14.0 Å². The van der Waals surface area contributed by atoms with Crippen LogP contribution >= 0.6 is 11.3 Å². The number of aryl methyl sites for hydroxylation is 1. The molecule has 2 aromatic rings. The summed E-state index contributed by atoms with van der Waals surface area (Å²) in [5, 5.41) is 4.96. The van der Waals surface area contributed by atoms with E-state index in [0.29, 0.717) is 18.1 Å². The number of rotatable bonds is 5. The minimum absolute atomic E-state index is 0.128. The Morgan fingerprint density at radius 3 is 3.00 bits per heavy atom. The molecule has 6 nitrogen and oxygen atoms in total. The van der Waals surface area contributed by atoms with E-state index in [1.165, 1.54) is 15.9 Å². The maximum absolute atomic E-state index is 11.9. The Morgan fingerprint density at radius 1 is 1.58 bits per heavy atom. The molecule has 0 saturated carbocycles. The molecule has 0 unspecified atom stereocenters. The average Bonchev–Trinajstić information content (AvgIpc) is 2.70. The smallest absolute Gasteiger partial charge is 0.275 e. The summed E-state index contributed by atoms with van der Waals surface area (Å²) in [6.45, 7) is 5.21. The first-order valence-corrected chi connectivity index (χ1v) is 6.88. The van der Waals surface area contributed by atoms with E-state index in [-0.39, 0.29) is 11.6 Å². The molecule has 0 aliphatic heterocycles. The Morgan fingerprint density at radius 2 is 2.32 bits per heavy atom. The SMILES string of the molecule is COC[C@H](C)N(C)Cc1cc(=O)n2nc(C)sc2n1. The van der Waals surface area contributed by atoms with Crippen LogP contribution in [-0.2, 0) is 11.3 Å². The lowest BCUT2D eigenvalue weighted by Crippen LogP contribution is -2.33. The van der Waals surface area contributed by atoms with Crippen LogP contribution < -0.4 is 5.56 Å². The zero-order valence-electron chi connectivity index (χ0n) is 11.6. The Bertz CT molecular complexity index is 622. The van der Waals surface area contributed by atoms with Gasteiger partial charge in [0.2, 0.25) is 4.96 Å². The van der Waals surface area contributed by atoms with Crippen molar-refractivity contribution in [3.63, 3.8) is 0 Å². The van der Waals surface area contributed by atoms with Crippen molar-refractivity contribution in [1.82, 2.24) is 19.5 Å². The highest BCUT2D eigenvalue weighted by atomic mass is 32.1. The molecule has 0 N–H and O–H groups in total. The second-order valence-electron chi connectivity index (χ2n) is 4.62. The Kier molecular flexibility index (Phi) is 4.28. The molecular weight excluding hydrogens is 264 g/mol. The predicted octanol–water partition coefficient (Wildman–Crippen LogP) is 0.926. The molecule has 0 aliphatic rings. The van der Waals surface area contributed by atoms with Crippen LogP contribution in [0.3, 0.4) is 0 Å². The van der Waals surface area contributed by atoms with Gasteiger partial charge in [-0.15, -0.1) is 0 Å². The van der Waals surface area contributed by atoms with Gasteiger partial charge in [0.1, 0.15) is 5.01 Å². The Hall–Kier alpha value is -1.31. The normalized spacial score (nSPS) is 13.3. The maximum Gasteiger partial charge on any atom is 0.275 e. The van der Waals surface area contributed by atoms with Crippen LogP contribution in [0, 0.1) is 6.92 Å². The molecule has 0 bridgehead atoms. The number of aromatic nitrogens is 3. The number of methoxy groups -OCH3 is 1. The van der Waals surface area contributed by atoms with Gasteiger partial charge in [0, 0.05) is 25.8 Å². The molecule has 104 valence electrons. The fourth-order valence-corrected chi connectivity index (χ4v) is 2.58. The summed E-state index contributed by atoms with van der Waals surface area (Å²) < 4.78 is 6.47. The summed E-state index contributed by atoms with van der Waals surface area (Å²) >= 11 is 1.42. The zero-order valence-corrected chi connectivity index (χ0v) is 12.4. The number of hydrogen-bond acceptors (Lipinski definition) is 6. The second kappa shape index (κ2) is 5.77. The molecule has 19 heavy (non-hydrogen) atoms. The fraction of sp³-hybridized carbons (Fsp3) is 0.583. The largest absolute Gasteiger partial charge is 0.383 e. The standard InChI is InChI=1S/C12H18N4O2S/c1-8(7-18-4)15(3)6-10-5-11(17)16-12(13-10)19-9(2)14-16/h5,8H,6-7H2,1-4H3/t8-/m0/s1. The number of hydrogen-bond donors (Lipinski definition) is 0. The lowest BCUT2D eigenvalue weighted by atomic mass is 10.3. The minimum atomic E-state index is -0.128. The number of fused-ring (bicyclic) bond motifs is 1. The molecule has 2 heterocycles. The van der Waals surface area contributed by atoms with Gasteiger partial charge in [-0.25, -0.2) is 4.98 Å². The van der Waals surface area contributed by atoms with Crippen LogP contribution in [0.2, 0.25) is 0 Å². The topological polar surface area (TPSA) is 59.7 Å². The van der Waals surface area contributed by atoms with Gasteiger partial charge in [0.05, 0.1) is 12.3 Å². The zero-order chi connectivity index (χ0) is 14.0. The molecule has 7 heteroatoms. The molecule has 0 fully saturated rings. The molecule has 2 aromatic heterocycles. The molecule has 0 amide bonds. The monoisotopic (exact) mass is 282 g/mol. The first-order valence-electron chi connectivity index (χ1n) is 6.07. The Balaban J connectivity index is 2.23.